The van der Waals surface area contributed by atoms with E-state index in [0.29, 0.717) is 4.52 Å². The topological polar surface area (TPSA) is 56.5 Å². The number of rotatable bonds is 3. The molecule has 0 radical (unpaired) electrons. The highest BCUT2D eigenvalue weighted by Crippen LogP contribution is 2.41. The van der Waals surface area contributed by atoms with Gasteiger partial charge in [-0.3, -0.25) is 0 Å². The molecule has 0 amide bonds. The van der Waals surface area contributed by atoms with Crippen molar-refractivity contribution in [1.82, 2.24) is 14.6 Å². The number of hydrogen-bond donors (Lipinski definition) is 0. The van der Waals surface area contributed by atoms with E-state index in [4.69, 9.17) is 4.74 Å². The van der Waals surface area contributed by atoms with E-state index in [0.717, 1.165) is 12.1 Å². The molecule has 0 N–H and O–H groups in total. The Morgan fingerprint density at radius 2 is 1.96 bits per heavy atom. The van der Waals surface area contributed by atoms with Gasteiger partial charge in [-0.25, -0.2) is 23.1 Å². The van der Waals surface area contributed by atoms with Crippen LogP contribution in [0.5, 0.6) is 0 Å². The molecule has 1 aliphatic rings. The third kappa shape index (κ3) is 3.63. The lowest BCUT2D eigenvalue weighted by molar-refractivity contribution is -0.142. The zero-order chi connectivity index (χ0) is 19.1. The van der Waals surface area contributed by atoms with Gasteiger partial charge in [-0.2, -0.15) is 18.3 Å². The fraction of sp³-hybridized carbons (Fsp3) is 0.562. The molecule has 0 aliphatic heterocycles. The lowest BCUT2D eigenvalue weighted by Crippen LogP contribution is -2.24. The van der Waals surface area contributed by atoms with Crippen LogP contribution < -0.4 is 0 Å². The number of hydrogen-bond acceptors (Lipinski definition) is 4. The Kier molecular flexibility index (Phi) is 4.61. The van der Waals surface area contributed by atoms with Crippen LogP contribution >= 0.6 is 0 Å². The Bertz CT molecular complexity index is 821. The minimum atomic E-state index is -4.74. The van der Waals surface area contributed by atoms with Gasteiger partial charge in [-0.15, -0.1) is 0 Å². The number of carbonyl (C=O) groups excluding carboxylic acids is 1. The summed E-state index contributed by atoms with van der Waals surface area (Å²) in [4.78, 5) is 15.9. The molecular weight excluding hydrogens is 361 g/mol. The number of nitrogens with zero attached hydrogens (tertiary/aromatic N) is 3. The van der Waals surface area contributed by atoms with E-state index in [1.165, 1.54) is 0 Å². The van der Waals surface area contributed by atoms with E-state index in [9.17, 15) is 26.7 Å². The predicted molar refractivity (Wildman–Crippen MR) is 80.1 cm³/mol. The molecule has 1 saturated carbocycles. The van der Waals surface area contributed by atoms with Gasteiger partial charge in [0.25, 0.3) is 0 Å². The largest absolute Gasteiger partial charge is 0.461 e. The van der Waals surface area contributed by atoms with Crippen molar-refractivity contribution in [3.63, 3.8) is 0 Å². The van der Waals surface area contributed by atoms with E-state index in [1.54, 1.807) is 6.92 Å². The number of carbonyl (C=O) groups is 1. The van der Waals surface area contributed by atoms with Gasteiger partial charge in [0.2, 0.25) is 5.92 Å². The summed E-state index contributed by atoms with van der Waals surface area (Å²) in [7, 11) is 0. The van der Waals surface area contributed by atoms with E-state index >= 15 is 0 Å². The number of ether oxygens (including phenoxy) is 1. The molecule has 10 heteroatoms. The highest BCUT2D eigenvalue weighted by molar-refractivity contribution is 5.88. The highest BCUT2D eigenvalue weighted by atomic mass is 19.4. The van der Waals surface area contributed by atoms with Crippen molar-refractivity contribution >= 4 is 11.6 Å². The first kappa shape index (κ1) is 18.5. The van der Waals surface area contributed by atoms with Crippen LogP contribution in [0.2, 0.25) is 0 Å². The van der Waals surface area contributed by atoms with Crippen LogP contribution in [0.1, 0.15) is 60.4 Å². The Hall–Kier alpha value is -2.26. The second-order valence-electron chi connectivity index (χ2n) is 6.21. The summed E-state index contributed by atoms with van der Waals surface area (Å²) < 4.78 is 72.2. The van der Waals surface area contributed by atoms with Gasteiger partial charge in [0.15, 0.2) is 11.3 Å². The maximum Gasteiger partial charge on any atom is 0.433 e. The van der Waals surface area contributed by atoms with Crippen molar-refractivity contribution in [2.24, 2.45) is 0 Å². The van der Waals surface area contributed by atoms with Crippen molar-refractivity contribution < 1.29 is 31.5 Å². The normalized spacial score (nSPS) is 18.2. The molecule has 0 saturated heterocycles. The molecule has 26 heavy (non-hydrogen) atoms. The molecule has 0 atom stereocenters. The van der Waals surface area contributed by atoms with Gasteiger partial charge in [0, 0.05) is 30.5 Å². The van der Waals surface area contributed by atoms with Crippen LogP contribution in [-0.2, 0) is 10.9 Å². The molecular formula is C16H16F5N3O2. The van der Waals surface area contributed by atoms with Crippen molar-refractivity contribution in [3.05, 3.63) is 29.2 Å². The average molecular weight is 377 g/mol. The van der Waals surface area contributed by atoms with Crippen LogP contribution in [0.25, 0.3) is 5.65 Å². The summed E-state index contributed by atoms with van der Waals surface area (Å²) in [5.74, 6) is -4.15. The van der Waals surface area contributed by atoms with Crippen molar-refractivity contribution in [3.8, 4) is 0 Å². The van der Waals surface area contributed by atoms with Crippen LogP contribution in [0.3, 0.4) is 0 Å². The maximum absolute atomic E-state index is 13.4. The molecule has 2 aromatic rings. The predicted octanol–water partition coefficient (Wildman–Crippen LogP) is 4.22. The van der Waals surface area contributed by atoms with Gasteiger partial charge < -0.3 is 4.74 Å². The molecule has 1 aliphatic carbocycles. The molecule has 142 valence electrons. The number of fused-ring (bicyclic) bond motifs is 1. The van der Waals surface area contributed by atoms with Gasteiger partial charge in [-0.1, -0.05) is 0 Å². The number of alkyl halides is 5. The molecule has 3 rings (SSSR count). The first-order valence-corrected chi connectivity index (χ1v) is 8.13. The van der Waals surface area contributed by atoms with Crippen LogP contribution in [0.4, 0.5) is 22.0 Å². The Morgan fingerprint density at radius 1 is 1.31 bits per heavy atom. The fourth-order valence-corrected chi connectivity index (χ4v) is 3.05. The monoisotopic (exact) mass is 377 g/mol. The van der Waals surface area contributed by atoms with Gasteiger partial charge >= 0.3 is 12.1 Å². The Labute approximate surface area is 145 Å². The van der Waals surface area contributed by atoms with Gasteiger partial charge in [0.05, 0.1) is 6.61 Å². The van der Waals surface area contributed by atoms with Crippen LogP contribution in [-0.4, -0.2) is 33.1 Å². The smallest absolute Gasteiger partial charge is 0.433 e. The SMILES string of the molecule is CCOC(=O)c1cc2nc(C3CCC(F)(F)CC3)cc(C(F)(F)F)n2n1. The molecule has 5 nitrogen and oxygen atoms in total. The quantitative estimate of drug-likeness (QED) is 0.594. The molecule has 2 heterocycles. The standard InChI is InChI=1S/C16H16F5N3O2/c1-2-26-14(25)11-8-13-22-10(9-3-5-15(17,18)6-4-9)7-12(16(19,20)21)24(13)23-11/h7-9H,2-6H2,1H3. The van der Waals surface area contributed by atoms with Crippen LogP contribution in [0.15, 0.2) is 12.1 Å². The van der Waals surface area contributed by atoms with E-state index < -0.39 is 29.7 Å². The summed E-state index contributed by atoms with van der Waals surface area (Å²) >= 11 is 0. The summed E-state index contributed by atoms with van der Waals surface area (Å²) in [5.41, 5.74) is -1.49. The third-order valence-electron chi connectivity index (χ3n) is 4.36. The zero-order valence-electron chi connectivity index (χ0n) is 13.8. The lowest BCUT2D eigenvalue weighted by Gasteiger charge is -2.28. The fourth-order valence-electron chi connectivity index (χ4n) is 3.05. The Balaban J connectivity index is 2.04. The third-order valence-corrected chi connectivity index (χ3v) is 4.36. The first-order chi connectivity index (χ1) is 12.1. The molecule has 0 aromatic carbocycles. The van der Waals surface area contributed by atoms with E-state index in [-0.39, 0.29) is 49.3 Å². The lowest BCUT2D eigenvalue weighted by atomic mass is 9.84. The summed E-state index contributed by atoms with van der Waals surface area (Å²) in [5, 5.41) is 3.65. The van der Waals surface area contributed by atoms with Gasteiger partial charge in [0.1, 0.15) is 5.69 Å². The van der Waals surface area contributed by atoms with Crippen LogP contribution in [0, 0.1) is 0 Å². The first-order valence-electron chi connectivity index (χ1n) is 8.13. The minimum absolute atomic E-state index is 0.0480. The molecule has 0 spiro atoms. The average Bonchev–Trinajstić information content (AvgIpc) is 2.97. The summed E-state index contributed by atoms with van der Waals surface area (Å²) in [6.07, 6.45) is -5.43. The van der Waals surface area contributed by atoms with E-state index in [2.05, 4.69) is 10.1 Å². The number of aromatic nitrogens is 3. The highest BCUT2D eigenvalue weighted by Gasteiger charge is 2.39. The zero-order valence-corrected chi connectivity index (χ0v) is 13.8. The van der Waals surface area contributed by atoms with Crippen molar-refractivity contribution in [1.29, 1.82) is 0 Å². The number of esters is 1. The van der Waals surface area contributed by atoms with E-state index in [1.807, 2.05) is 0 Å². The molecule has 1 fully saturated rings. The van der Waals surface area contributed by atoms with Crippen molar-refractivity contribution in [2.75, 3.05) is 6.61 Å². The maximum atomic E-state index is 13.4. The number of halogens is 5. The second kappa shape index (κ2) is 6.48. The van der Waals surface area contributed by atoms with Crippen molar-refractivity contribution in [2.45, 2.75) is 50.6 Å². The molecule has 2 aromatic heterocycles. The minimum Gasteiger partial charge on any atom is -0.461 e. The van der Waals surface area contributed by atoms with Gasteiger partial charge in [-0.05, 0) is 25.8 Å². The second-order valence-corrected chi connectivity index (χ2v) is 6.21. The Morgan fingerprint density at radius 3 is 2.54 bits per heavy atom. The molecule has 0 bridgehead atoms. The summed E-state index contributed by atoms with van der Waals surface area (Å²) in [6.45, 7) is 1.61. The summed E-state index contributed by atoms with van der Waals surface area (Å²) in [6, 6.07) is 1.93. The molecule has 0 unspecified atom stereocenters.